The van der Waals surface area contributed by atoms with Crippen LogP contribution in [0.2, 0.25) is 5.02 Å². The Morgan fingerprint density at radius 2 is 2.04 bits per heavy atom. The Kier molecular flexibility index (Phi) is 5.61. The average Bonchev–Trinajstić information content (AvgIpc) is 3.03. The number of rotatable bonds is 5. The summed E-state index contributed by atoms with van der Waals surface area (Å²) in [5, 5.41) is 3.72. The second kappa shape index (κ2) is 7.89. The minimum Gasteiger partial charge on any atom is -0.495 e. The largest absolute Gasteiger partial charge is 0.495 e. The van der Waals surface area contributed by atoms with E-state index in [9.17, 15) is 4.79 Å². The molecule has 0 aromatic heterocycles. The molecule has 1 heterocycles. The predicted octanol–water partition coefficient (Wildman–Crippen LogP) is 4.43. The van der Waals surface area contributed by atoms with Gasteiger partial charge in [0.1, 0.15) is 5.75 Å². The van der Waals surface area contributed by atoms with Crippen molar-refractivity contribution in [2.24, 2.45) is 0 Å². The molecule has 1 fully saturated rings. The molecule has 0 spiro atoms. The monoisotopic (exact) mass is 358 g/mol. The van der Waals surface area contributed by atoms with E-state index in [1.165, 1.54) is 5.56 Å². The van der Waals surface area contributed by atoms with E-state index in [2.05, 4.69) is 10.2 Å². The van der Waals surface area contributed by atoms with Gasteiger partial charge in [0.2, 0.25) is 5.91 Å². The van der Waals surface area contributed by atoms with E-state index in [0.717, 1.165) is 35.7 Å². The molecule has 0 aliphatic carbocycles. The van der Waals surface area contributed by atoms with Gasteiger partial charge in [-0.2, -0.15) is 0 Å². The summed E-state index contributed by atoms with van der Waals surface area (Å²) in [4.78, 5) is 14.8. The lowest BCUT2D eigenvalue weighted by atomic mass is 10.0. The van der Waals surface area contributed by atoms with Crippen molar-refractivity contribution >= 4 is 23.2 Å². The summed E-state index contributed by atoms with van der Waals surface area (Å²) in [7, 11) is 1.61. The molecule has 0 unspecified atom stereocenters. The SMILES string of the molecule is COc1ccc(C)cc1NC(=O)CN1CCC[C@H]1c1ccc(Cl)cc1. The van der Waals surface area contributed by atoms with E-state index in [1.807, 2.05) is 49.4 Å². The fourth-order valence-corrected chi connectivity index (χ4v) is 3.50. The zero-order valence-electron chi connectivity index (χ0n) is 14.6. The Morgan fingerprint density at radius 3 is 2.76 bits per heavy atom. The van der Waals surface area contributed by atoms with Gasteiger partial charge >= 0.3 is 0 Å². The van der Waals surface area contributed by atoms with Crippen LogP contribution in [-0.2, 0) is 4.79 Å². The molecule has 0 saturated carbocycles. The van der Waals surface area contributed by atoms with Gasteiger partial charge in [0.25, 0.3) is 0 Å². The van der Waals surface area contributed by atoms with E-state index in [1.54, 1.807) is 7.11 Å². The molecule has 132 valence electrons. The minimum atomic E-state index is -0.0234. The topological polar surface area (TPSA) is 41.6 Å². The zero-order chi connectivity index (χ0) is 17.8. The molecule has 1 atom stereocenters. The summed E-state index contributed by atoms with van der Waals surface area (Å²) < 4.78 is 5.33. The van der Waals surface area contributed by atoms with Gasteiger partial charge in [0.05, 0.1) is 19.3 Å². The van der Waals surface area contributed by atoms with Crippen LogP contribution in [-0.4, -0.2) is 31.0 Å². The summed E-state index contributed by atoms with van der Waals surface area (Å²) in [6.07, 6.45) is 2.15. The number of carbonyl (C=O) groups is 1. The first-order valence-electron chi connectivity index (χ1n) is 8.51. The molecule has 1 amide bonds. The third-order valence-electron chi connectivity index (χ3n) is 4.59. The number of amides is 1. The van der Waals surface area contributed by atoms with Crippen LogP contribution in [0.4, 0.5) is 5.69 Å². The van der Waals surface area contributed by atoms with Crippen molar-refractivity contribution in [3.05, 3.63) is 58.6 Å². The van der Waals surface area contributed by atoms with Crippen molar-refractivity contribution in [3.8, 4) is 5.75 Å². The van der Waals surface area contributed by atoms with Crippen LogP contribution in [0.15, 0.2) is 42.5 Å². The third-order valence-corrected chi connectivity index (χ3v) is 4.85. The first-order valence-corrected chi connectivity index (χ1v) is 8.88. The van der Waals surface area contributed by atoms with Gasteiger partial charge in [0, 0.05) is 11.1 Å². The first-order chi connectivity index (χ1) is 12.1. The summed E-state index contributed by atoms with van der Waals surface area (Å²) in [5.74, 6) is 0.652. The highest BCUT2D eigenvalue weighted by atomic mass is 35.5. The lowest BCUT2D eigenvalue weighted by Gasteiger charge is -2.24. The molecule has 2 aromatic rings. The molecular weight excluding hydrogens is 336 g/mol. The fraction of sp³-hybridized carbons (Fsp3) is 0.350. The Bertz CT molecular complexity index is 746. The normalized spacial score (nSPS) is 17.5. The van der Waals surface area contributed by atoms with Crippen molar-refractivity contribution in [1.82, 2.24) is 4.90 Å². The summed E-state index contributed by atoms with van der Waals surface area (Å²) in [6.45, 7) is 3.28. The first kappa shape index (κ1) is 17.8. The second-order valence-electron chi connectivity index (χ2n) is 6.43. The number of halogens is 1. The van der Waals surface area contributed by atoms with Crippen molar-refractivity contribution in [2.75, 3.05) is 25.5 Å². The van der Waals surface area contributed by atoms with Crippen LogP contribution >= 0.6 is 11.6 Å². The van der Waals surface area contributed by atoms with Gasteiger partial charge < -0.3 is 10.1 Å². The number of methoxy groups -OCH3 is 1. The lowest BCUT2D eigenvalue weighted by molar-refractivity contribution is -0.117. The molecule has 1 saturated heterocycles. The van der Waals surface area contributed by atoms with Crippen molar-refractivity contribution in [2.45, 2.75) is 25.8 Å². The maximum absolute atomic E-state index is 12.5. The quantitative estimate of drug-likeness (QED) is 0.859. The number of hydrogen-bond acceptors (Lipinski definition) is 3. The van der Waals surface area contributed by atoms with E-state index < -0.39 is 0 Å². The summed E-state index contributed by atoms with van der Waals surface area (Å²) in [6, 6.07) is 13.9. The van der Waals surface area contributed by atoms with Crippen LogP contribution in [0.25, 0.3) is 0 Å². The highest BCUT2D eigenvalue weighted by Gasteiger charge is 2.27. The third kappa shape index (κ3) is 4.33. The zero-order valence-corrected chi connectivity index (χ0v) is 15.3. The molecular formula is C20H23ClN2O2. The Balaban J connectivity index is 1.68. The van der Waals surface area contributed by atoms with E-state index in [0.29, 0.717) is 12.3 Å². The van der Waals surface area contributed by atoms with Crippen molar-refractivity contribution in [3.63, 3.8) is 0 Å². The number of benzene rings is 2. The van der Waals surface area contributed by atoms with Crippen molar-refractivity contribution in [1.29, 1.82) is 0 Å². The van der Waals surface area contributed by atoms with E-state index in [4.69, 9.17) is 16.3 Å². The van der Waals surface area contributed by atoms with Crippen LogP contribution in [0.3, 0.4) is 0 Å². The lowest BCUT2D eigenvalue weighted by Crippen LogP contribution is -2.33. The Labute approximate surface area is 153 Å². The molecule has 4 nitrogen and oxygen atoms in total. The molecule has 1 aliphatic rings. The number of ether oxygens (including phenoxy) is 1. The number of carbonyl (C=O) groups excluding carboxylic acids is 1. The number of nitrogens with zero attached hydrogens (tertiary/aromatic N) is 1. The molecule has 25 heavy (non-hydrogen) atoms. The van der Waals surface area contributed by atoms with Crippen LogP contribution in [0.5, 0.6) is 5.75 Å². The second-order valence-corrected chi connectivity index (χ2v) is 6.87. The highest BCUT2D eigenvalue weighted by Crippen LogP contribution is 2.32. The standard InChI is InChI=1S/C20H23ClN2O2/c1-14-5-10-19(25-2)17(12-14)22-20(24)13-23-11-3-4-18(23)15-6-8-16(21)9-7-15/h5-10,12,18H,3-4,11,13H2,1-2H3,(H,22,24)/t18-/m0/s1. The van der Waals surface area contributed by atoms with E-state index in [-0.39, 0.29) is 11.9 Å². The van der Waals surface area contributed by atoms with Crippen molar-refractivity contribution < 1.29 is 9.53 Å². The van der Waals surface area contributed by atoms with Gasteiger partial charge in [-0.05, 0) is 61.7 Å². The van der Waals surface area contributed by atoms with E-state index >= 15 is 0 Å². The van der Waals surface area contributed by atoms with Gasteiger partial charge in [0.15, 0.2) is 0 Å². The predicted molar refractivity (Wildman–Crippen MR) is 101 cm³/mol. The Morgan fingerprint density at radius 1 is 1.28 bits per heavy atom. The number of hydrogen-bond donors (Lipinski definition) is 1. The van der Waals surface area contributed by atoms with Gasteiger partial charge in [-0.15, -0.1) is 0 Å². The molecule has 1 N–H and O–H groups in total. The number of anilines is 1. The average molecular weight is 359 g/mol. The van der Waals surface area contributed by atoms with Crippen LogP contribution < -0.4 is 10.1 Å². The molecule has 0 radical (unpaired) electrons. The van der Waals surface area contributed by atoms with Crippen LogP contribution in [0.1, 0.15) is 30.0 Å². The molecule has 0 bridgehead atoms. The molecule has 3 rings (SSSR count). The Hall–Kier alpha value is -2.04. The number of aryl methyl sites for hydroxylation is 1. The fourth-order valence-electron chi connectivity index (χ4n) is 3.37. The number of likely N-dealkylation sites (tertiary alicyclic amines) is 1. The summed E-state index contributed by atoms with van der Waals surface area (Å²) >= 11 is 5.98. The van der Waals surface area contributed by atoms with Gasteiger partial charge in [-0.25, -0.2) is 0 Å². The molecule has 5 heteroatoms. The molecule has 1 aliphatic heterocycles. The minimum absolute atomic E-state index is 0.0234. The molecule has 2 aromatic carbocycles. The van der Waals surface area contributed by atoms with Gasteiger partial charge in [-0.3, -0.25) is 9.69 Å². The van der Waals surface area contributed by atoms with Crippen LogP contribution in [0, 0.1) is 6.92 Å². The number of nitrogens with one attached hydrogen (secondary N) is 1. The maximum atomic E-state index is 12.5. The van der Waals surface area contributed by atoms with Gasteiger partial charge in [-0.1, -0.05) is 29.8 Å². The highest BCUT2D eigenvalue weighted by molar-refractivity contribution is 6.30. The summed E-state index contributed by atoms with van der Waals surface area (Å²) in [5.41, 5.74) is 3.01. The maximum Gasteiger partial charge on any atom is 0.238 e. The smallest absolute Gasteiger partial charge is 0.238 e.